The Morgan fingerprint density at radius 2 is 1.53 bits per heavy atom. The van der Waals surface area contributed by atoms with Crippen molar-refractivity contribution < 1.29 is 47.7 Å². The molecule has 0 saturated carbocycles. The van der Waals surface area contributed by atoms with Crippen LogP contribution in [0.5, 0.6) is 5.75 Å². The average Bonchev–Trinajstić information content (AvgIpc) is 2.95. The van der Waals surface area contributed by atoms with Gasteiger partial charge in [0.25, 0.3) is 5.91 Å². The molecule has 0 aliphatic carbocycles. The molecule has 2 aromatic carbocycles. The zero-order chi connectivity index (χ0) is 32.2. The second-order valence-corrected chi connectivity index (χ2v) is 10.6. The number of primary amides is 1. The highest BCUT2D eigenvalue weighted by atomic mass is 16.6. The summed E-state index contributed by atoms with van der Waals surface area (Å²) in [4.78, 5) is 64.1. The van der Waals surface area contributed by atoms with Crippen LogP contribution in [0.4, 0.5) is 9.59 Å². The van der Waals surface area contributed by atoms with Crippen molar-refractivity contribution in [3.8, 4) is 5.75 Å². The Hall–Kier alpha value is -4.81. The second-order valence-electron chi connectivity index (χ2n) is 10.6. The molecule has 0 bridgehead atoms. The van der Waals surface area contributed by atoms with Crippen molar-refractivity contribution in [3.05, 3.63) is 65.7 Å². The third-order valence-corrected chi connectivity index (χ3v) is 5.88. The van der Waals surface area contributed by atoms with Gasteiger partial charge in [-0.1, -0.05) is 42.5 Å². The largest absolute Gasteiger partial charge is 0.497 e. The lowest BCUT2D eigenvalue weighted by Crippen LogP contribution is -2.53. The van der Waals surface area contributed by atoms with E-state index in [-0.39, 0.29) is 13.0 Å². The number of methoxy groups -OCH3 is 1. The maximum atomic E-state index is 13.5. The number of carbonyl (C=O) groups is 5. The Bertz CT molecular complexity index is 1250. The molecule has 0 heterocycles. The normalized spacial score (nSPS) is 13.0. The summed E-state index contributed by atoms with van der Waals surface area (Å²) < 4.78 is 26.3. The Morgan fingerprint density at radius 3 is 2.09 bits per heavy atom. The van der Waals surface area contributed by atoms with Crippen molar-refractivity contribution in [2.24, 2.45) is 5.73 Å². The van der Waals surface area contributed by atoms with Crippen molar-refractivity contribution in [1.82, 2.24) is 10.2 Å². The topological polar surface area (TPSA) is 173 Å². The van der Waals surface area contributed by atoms with E-state index in [4.69, 9.17) is 29.4 Å². The van der Waals surface area contributed by atoms with Gasteiger partial charge in [-0.2, -0.15) is 0 Å². The van der Waals surface area contributed by atoms with Crippen LogP contribution in [-0.4, -0.2) is 79.5 Å². The van der Waals surface area contributed by atoms with Crippen LogP contribution in [0.1, 0.15) is 38.8 Å². The van der Waals surface area contributed by atoms with Crippen LogP contribution in [-0.2, 0) is 46.4 Å². The summed E-state index contributed by atoms with van der Waals surface area (Å²) >= 11 is 0. The molecule has 2 aromatic rings. The Balaban J connectivity index is 2.25. The van der Waals surface area contributed by atoms with Crippen molar-refractivity contribution in [3.63, 3.8) is 0 Å². The number of nitrogens with zero attached hydrogens (tertiary/aromatic N) is 1. The van der Waals surface area contributed by atoms with E-state index in [1.807, 2.05) is 0 Å². The number of rotatable bonds is 13. The van der Waals surface area contributed by atoms with Gasteiger partial charge in [0, 0.05) is 13.5 Å². The summed E-state index contributed by atoms with van der Waals surface area (Å²) in [5.41, 5.74) is 5.60. The smallest absolute Gasteiger partial charge is 0.410 e. The third-order valence-electron chi connectivity index (χ3n) is 5.88. The van der Waals surface area contributed by atoms with Crippen LogP contribution in [0.15, 0.2) is 54.6 Å². The lowest BCUT2D eigenvalue weighted by Gasteiger charge is -2.31. The highest BCUT2D eigenvalue weighted by Gasteiger charge is 2.37. The van der Waals surface area contributed by atoms with E-state index in [1.54, 1.807) is 75.4 Å². The van der Waals surface area contributed by atoms with Crippen LogP contribution < -0.4 is 15.8 Å². The number of carbonyl (C=O) groups excluding carboxylic acids is 5. The number of nitrogens with one attached hydrogen (secondary N) is 1. The van der Waals surface area contributed by atoms with Gasteiger partial charge < -0.3 is 34.7 Å². The van der Waals surface area contributed by atoms with Crippen LogP contribution in [0.3, 0.4) is 0 Å². The van der Waals surface area contributed by atoms with Gasteiger partial charge in [0.15, 0.2) is 12.6 Å². The summed E-state index contributed by atoms with van der Waals surface area (Å²) in [6, 6.07) is 12.9. The number of hydrogen-bond donors (Lipinski definition) is 2. The Kier molecular flexibility index (Phi) is 12.8. The molecular weight excluding hydrogens is 562 g/mol. The number of likely N-dealkylation sites (N-methyl/N-ethyl adjacent to an activating group) is 1. The summed E-state index contributed by atoms with van der Waals surface area (Å²) in [6.07, 6.45) is -3.10. The SMILES string of the molecule is COc1ccc(C[C@@H](C(=O)O[C@H](C)[C@H](NC(=O)OCc2ccccc2)C(=O)OCC(N)=O)N(C)C(=O)OC(C)(C)C)cc1. The molecule has 0 spiro atoms. The fourth-order valence-electron chi connectivity index (χ4n) is 3.65. The van der Waals surface area contributed by atoms with Crippen molar-refractivity contribution in [2.75, 3.05) is 20.8 Å². The number of nitrogens with two attached hydrogens (primary N) is 1. The highest BCUT2D eigenvalue weighted by Crippen LogP contribution is 2.18. The molecule has 0 radical (unpaired) electrons. The molecule has 0 fully saturated rings. The van der Waals surface area contributed by atoms with Gasteiger partial charge in [0.2, 0.25) is 0 Å². The fraction of sp³-hybridized carbons (Fsp3) is 0.433. The maximum Gasteiger partial charge on any atom is 0.410 e. The van der Waals surface area contributed by atoms with Crippen LogP contribution in [0, 0.1) is 0 Å². The minimum Gasteiger partial charge on any atom is -0.497 e. The second kappa shape index (κ2) is 16.0. The van der Waals surface area contributed by atoms with Gasteiger partial charge in [0.05, 0.1) is 7.11 Å². The zero-order valence-electron chi connectivity index (χ0n) is 25.2. The maximum absolute atomic E-state index is 13.5. The van der Waals surface area contributed by atoms with Gasteiger partial charge in [-0.05, 0) is 51.0 Å². The van der Waals surface area contributed by atoms with E-state index in [1.165, 1.54) is 21.1 Å². The molecule has 0 saturated heterocycles. The number of benzene rings is 2. The molecule has 2 rings (SSSR count). The van der Waals surface area contributed by atoms with E-state index < -0.39 is 60.4 Å². The molecule has 0 unspecified atom stereocenters. The van der Waals surface area contributed by atoms with Gasteiger partial charge >= 0.3 is 24.1 Å². The predicted molar refractivity (Wildman–Crippen MR) is 154 cm³/mol. The minimum atomic E-state index is -1.58. The summed E-state index contributed by atoms with van der Waals surface area (Å²) in [5.74, 6) is -2.33. The number of amides is 3. The average molecular weight is 602 g/mol. The molecule has 3 N–H and O–H groups in total. The first-order valence-corrected chi connectivity index (χ1v) is 13.4. The van der Waals surface area contributed by atoms with E-state index in [0.717, 1.165) is 4.90 Å². The van der Waals surface area contributed by atoms with E-state index in [2.05, 4.69) is 5.32 Å². The van der Waals surface area contributed by atoms with Crippen molar-refractivity contribution in [2.45, 2.75) is 64.5 Å². The molecule has 3 amide bonds. The number of alkyl carbamates (subject to hydrolysis) is 1. The summed E-state index contributed by atoms with van der Waals surface area (Å²) in [7, 11) is 2.90. The number of ether oxygens (including phenoxy) is 5. The molecule has 13 heteroatoms. The van der Waals surface area contributed by atoms with E-state index in [9.17, 15) is 24.0 Å². The first-order chi connectivity index (χ1) is 20.2. The number of hydrogen-bond acceptors (Lipinski definition) is 10. The standard InChI is InChI=1S/C30H39N3O10/c1-19(25(27(36)40-18-24(31)34)32-28(37)41-17-21-10-8-7-9-11-21)42-26(35)23(33(5)29(38)43-30(2,3)4)16-20-12-14-22(39-6)15-13-20/h7-15,19,23,25H,16-18H2,1-6H3,(H2,31,34)(H,32,37)/t19-,23+,25+/m1/s1. The van der Waals surface area contributed by atoms with Gasteiger partial charge in [0.1, 0.15) is 30.1 Å². The fourth-order valence-corrected chi connectivity index (χ4v) is 3.65. The first kappa shape index (κ1) is 34.4. The molecule has 234 valence electrons. The molecule has 0 aliphatic heterocycles. The molecule has 13 nitrogen and oxygen atoms in total. The molecule has 3 atom stereocenters. The van der Waals surface area contributed by atoms with Crippen LogP contribution >= 0.6 is 0 Å². The summed E-state index contributed by atoms with van der Waals surface area (Å²) in [6.45, 7) is 5.52. The molecule has 0 aromatic heterocycles. The van der Waals surface area contributed by atoms with Crippen LogP contribution in [0.25, 0.3) is 0 Å². The number of esters is 2. The minimum absolute atomic E-state index is 0.0224. The van der Waals surface area contributed by atoms with Crippen LogP contribution in [0.2, 0.25) is 0 Å². The van der Waals surface area contributed by atoms with Gasteiger partial charge in [-0.15, -0.1) is 0 Å². The molecule has 0 aliphatic rings. The zero-order valence-corrected chi connectivity index (χ0v) is 25.2. The lowest BCUT2D eigenvalue weighted by molar-refractivity contribution is -0.162. The van der Waals surface area contributed by atoms with Gasteiger partial charge in [-0.25, -0.2) is 19.2 Å². The van der Waals surface area contributed by atoms with Crippen molar-refractivity contribution >= 4 is 30.0 Å². The van der Waals surface area contributed by atoms with E-state index >= 15 is 0 Å². The predicted octanol–water partition coefficient (Wildman–Crippen LogP) is 2.73. The quantitative estimate of drug-likeness (QED) is 0.257. The monoisotopic (exact) mass is 601 g/mol. The Morgan fingerprint density at radius 1 is 0.907 bits per heavy atom. The first-order valence-electron chi connectivity index (χ1n) is 13.4. The highest BCUT2D eigenvalue weighted by molar-refractivity contribution is 5.86. The van der Waals surface area contributed by atoms with Gasteiger partial charge in [-0.3, -0.25) is 9.69 Å². The molecule has 43 heavy (non-hydrogen) atoms. The third kappa shape index (κ3) is 11.9. The summed E-state index contributed by atoms with van der Waals surface area (Å²) in [5, 5.41) is 2.32. The van der Waals surface area contributed by atoms with Crippen molar-refractivity contribution in [1.29, 1.82) is 0 Å². The molecular formula is C30H39N3O10. The Labute approximate surface area is 250 Å². The van der Waals surface area contributed by atoms with E-state index in [0.29, 0.717) is 16.9 Å². The lowest BCUT2D eigenvalue weighted by atomic mass is 10.0.